The summed E-state index contributed by atoms with van der Waals surface area (Å²) >= 11 is 0. The first-order valence-corrected chi connectivity index (χ1v) is 10.5. The molecule has 1 atom stereocenters. The third-order valence-corrected chi connectivity index (χ3v) is 5.81. The smallest absolute Gasteiger partial charge is 0.321 e. The van der Waals surface area contributed by atoms with Crippen LogP contribution in [-0.2, 0) is 9.59 Å². The van der Waals surface area contributed by atoms with Crippen molar-refractivity contribution in [2.24, 2.45) is 5.92 Å². The number of benzene rings is 2. The van der Waals surface area contributed by atoms with Gasteiger partial charge in [0.2, 0.25) is 11.8 Å². The summed E-state index contributed by atoms with van der Waals surface area (Å²) in [5.41, 5.74) is 1.23. The largest absolute Gasteiger partial charge is 0.497 e. The van der Waals surface area contributed by atoms with Crippen molar-refractivity contribution >= 4 is 29.2 Å². The molecule has 2 aromatic carbocycles. The number of rotatable bonds is 4. The van der Waals surface area contributed by atoms with Gasteiger partial charge in [-0.25, -0.2) is 9.18 Å². The standard InChI is InChI=1S/C23H25FN4O4/c1-32-20-4-2-3-19(14-20)28-15-16(13-21(28)29)22(30)26-9-11-27(12-10-26)23(31)25-18-7-5-17(24)6-8-18/h2-8,14,16H,9-13,15H2,1H3,(H,25,31). The maximum Gasteiger partial charge on any atom is 0.321 e. The Labute approximate surface area is 185 Å². The Kier molecular flexibility index (Phi) is 6.25. The quantitative estimate of drug-likeness (QED) is 0.792. The van der Waals surface area contributed by atoms with Crippen LogP contribution >= 0.6 is 0 Å². The second kappa shape index (κ2) is 9.25. The first-order chi connectivity index (χ1) is 15.4. The summed E-state index contributed by atoms with van der Waals surface area (Å²) in [6, 6.07) is 12.5. The SMILES string of the molecule is COc1cccc(N2CC(C(=O)N3CCN(C(=O)Nc4ccc(F)cc4)CC3)CC2=O)c1. The summed E-state index contributed by atoms with van der Waals surface area (Å²) < 4.78 is 18.2. The maximum atomic E-state index is 13.0. The van der Waals surface area contributed by atoms with Gasteiger partial charge in [-0.1, -0.05) is 6.07 Å². The molecule has 2 heterocycles. The maximum absolute atomic E-state index is 13.0. The molecule has 0 bridgehead atoms. The number of halogens is 1. The summed E-state index contributed by atoms with van der Waals surface area (Å²) in [5.74, 6) is -0.282. The van der Waals surface area contributed by atoms with E-state index in [4.69, 9.17) is 4.74 Å². The summed E-state index contributed by atoms with van der Waals surface area (Å²) in [5, 5.41) is 2.73. The highest BCUT2D eigenvalue weighted by molar-refractivity contribution is 6.00. The molecule has 2 fully saturated rings. The molecule has 1 unspecified atom stereocenters. The van der Waals surface area contributed by atoms with Gasteiger partial charge >= 0.3 is 6.03 Å². The van der Waals surface area contributed by atoms with Gasteiger partial charge < -0.3 is 24.8 Å². The zero-order chi connectivity index (χ0) is 22.7. The highest BCUT2D eigenvalue weighted by Gasteiger charge is 2.38. The molecule has 4 amide bonds. The Bertz CT molecular complexity index is 1010. The first-order valence-electron chi connectivity index (χ1n) is 10.5. The lowest BCUT2D eigenvalue weighted by Gasteiger charge is -2.35. The molecule has 0 aliphatic carbocycles. The lowest BCUT2D eigenvalue weighted by atomic mass is 10.1. The molecule has 0 spiro atoms. The van der Waals surface area contributed by atoms with Gasteiger partial charge in [0.05, 0.1) is 13.0 Å². The van der Waals surface area contributed by atoms with Gasteiger partial charge in [-0.3, -0.25) is 9.59 Å². The third kappa shape index (κ3) is 4.66. The van der Waals surface area contributed by atoms with E-state index >= 15 is 0 Å². The van der Waals surface area contributed by atoms with Crippen LogP contribution in [0.15, 0.2) is 48.5 Å². The monoisotopic (exact) mass is 440 g/mol. The van der Waals surface area contributed by atoms with Gasteiger partial charge in [0, 0.05) is 56.6 Å². The number of amides is 4. The Balaban J connectivity index is 1.31. The van der Waals surface area contributed by atoms with E-state index in [1.54, 1.807) is 33.9 Å². The van der Waals surface area contributed by atoms with Crippen LogP contribution in [0.5, 0.6) is 5.75 Å². The Morgan fingerprint density at radius 3 is 2.41 bits per heavy atom. The Morgan fingerprint density at radius 1 is 1.03 bits per heavy atom. The van der Waals surface area contributed by atoms with Crippen LogP contribution < -0.4 is 15.0 Å². The van der Waals surface area contributed by atoms with Gasteiger partial charge in [-0.05, 0) is 36.4 Å². The molecule has 4 rings (SSSR count). The minimum Gasteiger partial charge on any atom is -0.497 e. The van der Waals surface area contributed by atoms with Crippen LogP contribution in [0.3, 0.4) is 0 Å². The van der Waals surface area contributed by atoms with Crippen molar-refractivity contribution in [3.63, 3.8) is 0 Å². The average molecular weight is 440 g/mol. The summed E-state index contributed by atoms with van der Waals surface area (Å²) in [4.78, 5) is 42.9. The number of anilines is 2. The van der Waals surface area contributed by atoms with E-state index in [0.29, 0.717) is 49.8 Å². The van der Waals surface area contributed by atoms with E-state index in [2.05, 4.69) is 5.32 Å². The lowest BCUT2D eigenvalue weighted by Crippen LogP contribution is -2.53. The molecule has 2 aromatic rings. The molecule has 32 heavy (non-hydrogen) atoms. The molecule has 2 aliphatic heterocycles. The fraction of sp³-hybridized carbons (Fsp3) is 0.348. The van der Waals surface area contributed by atoms with Gasteiger partial charge in [0.1, 0.15) is 11.6 Å². The highest BCUT2D eigenvalue weighted by Crippen LogP contribution is 2.29. The number of nitrogens with one attached hydrogen (secondary N) is 1. The van der Waals surface area contributed by atoms with Crippen molar-refractivity contribution in [1.29, 1.82) is 0 Å². The number of carbonyl (C=O) groups excluding carboxylic acids is 3. The molecule has 0 aromatic heterocycles. The van der Waals surface area contributed by atoms with Crippen molar-refractivity contribution in [2.45, 2.75) is 6.42 Å². The molecule has 1 N–H and O–H groups in total. The molecular formula is C23H25FN4O4. The van der Waals surface area contributed by atoms with Crippen LogP contribution in [0.2, 0.25) is 0 Å². The van der Waals surface area contributed by atoms with E-state index in [1.165, 1.54) is 24.3 Å². The number of ether oxygens (including phenoxy) is 1. The topological polar surface area (TPSA) is 82.2 Å². The van der Waals surface area contributed by atoms with Crippen molar-refractivity contribution < 1.29 is 23.5 Å². The Hall–Kier alpha value is -3.62. The van der Waals surface area contributed by atoms with E-state index in [-0.39, 0.29) is 30.1 Å². The second-order valence-corrected chi connectivity index (χ2v) is 7.86. The number of urea groups is 1. The fourth-order valence-corrected chi connectivity index (χ4v) is 4.02. The van der Waals surface area contributed by atoms with Crippen LogP contribution in [0.4, 0.5) is 20.6 Å². The fourth-order valence-electron chi connectivity index (χ4n) is 4.02. The number of methoxy groups -OCH3 is 1. The number of hydrogen-bond donors (Lipinski definition) is 1. The molecule has 9 heteroatoms. The average Bonchev–Trinajstić information content (AvgIpc) is 3.21. The minimum absolute atomic E-state index is 0.0673. The first kappa shape index (κ1) is 21.6. The van der Waals surface area contributed by atoms with Crippen LogP contribution in [-0.4, -0.2) is 67.5 Å². The van der Waals surface area contributed by atoms with E-state index in [9.17, 15) is 18.8 Å². The van der Waals surface area contributed by atoms with E-state index in [1.807, 2.05) is 12.1 Å². The van der Waals surface area contributed by atoms with Gasteiger partial charge in [0.25, 0.3) is 0 Å². The van der Waals surface area contributed by atoms with E-state index in [0.717, 1.165) is 0 Å². The summed E-state index contributed by atoms with van der Waals surface area (Å²) in [6.45, 7) is 1.91. The molecular weight excluding hydrogens is 415 g/mol. The van der Waals surface area contributed by atoms with Crippen molar-refractivity contribution in [3.05, 3.63) is 54.3 Å². The van der Waals surface area contributed by atoms with Crippen LogP contribution in [0.25, 0.3) is 0 Å². The highest BCUT2D eigenvalue weighted by atomic mass is 19.1. The van der Waals surface area contributed by atoms with Crippen molar-refractivity contribution in [1.82, 2.24) is 9.80 Å². The minimum atomic E-state index is -0.409. The normalized spacial score (nSPS) is 18.6. The van der Waals surface area contributed by atoms with Crippen molar-refractivity contribution in [3.8, 4) is 5.75 Å². The number of hydrogen-bond acceptors (Lipinski definition) is 4. The second-order valence-electron chi connectivity index (χ2n) is 7.86. The zero-order valence-electron chi connectivity index (χ0n) is 17.8. The molecule has 2 aliphatic rings. The molecule has 8 nitrogen and oxygen atoms in total. The molecule has 0 radical (unpaired) electrons. The van der Waals surface area contributed by atoms with Gasteiger partial charge in [-0.15, -0.1) is 0 Å². The number of carbonyl (C=O) groups is 3. The van der Waals surface area contributed by atoms with Crippen LogP contribution in [0, 0.1) is 11.7 Å². The molecule has 0 saturated carbocycles. The number of nitrogens with zero attached hydrogens (tertiary/aromatic N) is 3. The summed E-state index contributed by atoms with van der Waals surface area (Å²) in [6.07, 6.45) is 0.168. The van der Waals surface area contributed by atoms with Gasteiger partial charge in [0.15, 0.2) is 0 Å². The third-order valence-electron chi connectivity index (χ3n) is 5.81. The zero-order valence-corrected chi connectivity index (χ0v) is 17.8. The number of piperazine rings is 1. The predicted octanol–water partition coefficient (Wildman–Crippen LogP) is 2.56. The molecule has 2 saturated heterocycles. The van der Waals surface area contributed by atoms with Crippen molar-refractivity contribution in [2.75, 3.05) is 50.1 Å². The van der Waals surface area contributed by atoms with Gasteiger partial charge in [-0.2, -0.15) is 0 Å². The Morgan fingerprint density at radius 2 is 1.72 bits per heavy atom. The van der Waals surface area contributed by atoms with Crippen LogP contribution in [0.1, 0.15) is 6.42 Å². The van der Waals surface area contributed by atoms with E-state index < -0.39 is 5.92 Å². The molecule has 168 valence electrons. The predicted molar refractivity (Wildman–Crippen MR) is 117 cm³/mol. The summed E-state index contributed by atoms with van der Waals surface area (Å²) in [7, 11) is 1.57. The lowest BCUT2D eigenvalue weighted by molar-refractivity contribution is -0.137.